The maximum absolute atomic E-state index is 12.6. The van der Waals surface area contributed by atoms with Gasteiger partial charge in [0.2, 0.25) is 0 Å². The average molecular weight is 227 g/mol. The number of aromatic carboxylic acids is 1. The van der Waals surface area contributed by atoms with E-state index in [-0.39, 0.29) is 5.75 Å². The molecule has 0 aromatic heterocycles. The van der Waals surface area contributed by atoms with E-state index < -0.39 is 29.1 Å². The second-order valence-electron chi connectivity index (χ2n) is 2.86. The number of hydrogen-bond donors (Lipinski definition) is 1. The number of methoxy groups -OCH3 is 1. The van der Waals surface area contributed by atoms with Crippen LogP contribution in [0.3, 0.4) is 0 Å². The van der Waals surface area contributed by atoms with E-state index in [1.807, 2.05) is 0 Å². The summed E-state index contributed by atoms with van der Waals surface area (Å²) in [7, 11) is 1.22. The van der Waals surface area contributed by atoms with Crippen molar-refractivity contribution in [1.82, 2.24) is 0 Å². The number of alkyl halides is 2. The highest BCUT2D eigenvalue weighted by Crippen LogP contribution is 2.29. The van der Waals surface area contributed by atoms with Gasteiger partial charge in [0.15, 0.2) is 0 Å². The Morgan fingerprint density at radius 1 is 1.56 bits per heavy atom. The highest BCUT2D eigenvalue weighted by molar-refractivity contribution is 5.91. The van der Waals surface area contributed by atoms with Gasteiger partial charge in [0.25, 0.3) is 6.43 Å². The van der Waals surface area contributed by atoms with Gasteiger partial charge in [-0.3, -0.25) is 0 Å². The van der Waals surface area contributed by atoms with Crippen molar-refractivity contribution >= 4 is 5.97 Å². The molecular formula is C10H7F2NO3. The third kappa shape index (κ3) is 2.08. The Kier molecular flexibility index (Phi) is 3.40. The van der Waals surface area contributed by atoms with E-state index in [0.29, 0.717) is 0 Å². The fraction of sp³-hybridized carbons (Fsp3) is 0.200. The van der Waals surface area contributed by atoms with Gasteiger partial charge in [0.05, 0.1) is 18.2 Å². The van der Waals surface area contributed by atoms with Crippen molar-refractivity contribution in [2.45, 2.75) is 6.43 Å². The first-order chi connectivity index (χ1) is 7.51. The molecule has 0 radical (unpaired) electrons. The van der Waals surface area contributed by atoms with Crippen LogP contribution in [0.2, 0.25) is 0 Å². The van der Waals surface area contributed by atoms with E-state index in [2.05, 4.69) is 4.74 Å². The highest BCUT2D eigenvalue weighted by atomic mass is 19.3. The van der Waals surface area contributed by atoms with E-state index in [1.165, 1.54) is 13.2 Å². The molecule has 0 atom stereocenters. The topological polar surface area (TPSA) is 70.3 Å². The van der Waals surface area contributed by atoms with Crippen LogP contribution >= 0.6 is 0 Å². The van der Waals surface area contributed by atoms with Crippen molar-refractivity contribution in [2.24, 2.45) is 0 Å². The average Bonchev–Trinajstić information content (AvgIpc) is 2.26. The summed E-state index contributed by atoms with van der Waals surface area (Å²) in [5, 5.41) is 17.4. The summed E-state index contributed by atoms with van der Waals surface area (Å²) in [6.45, 7) is 0. The molecule has 0 unspecified atom stereocenters. The van der Waals surface area contributed by atoms with Crippen LogP contribution in [-0.4, -0.2) is 18.2 Å². The summed E-state index contributed by atoms with van der Waals surface area (Å²) in [6.07, 6.45) is -2.93. The van der Waals surface area contributed by atoms with E-state index in [1.54, 1.807) is 0 Å². The monoisotopic (exact) mass is 227 g/mol. The first-order valence-electron chi connectivity index (χ1n) is 4.14. The number of nitriles is 1. The molecule has 4 nitrogen and oxygen atoms in total. The summed E-state index contributed by atoms with van der Waals surface area (Å²) in [6, 6.07) is 3.45. The Bertz CT molecular complexity index is 466. The van der Waals surface area contributed by atoms with Crippen LogP contribution in [-0.2, 0) is 0 Å². The van der Waals surface area contributed by atoms with E-state index in [0.717, 1.165) is 12.1 Å². The molecule has 0 fully saturated rings. The van der Waals surface area contributed by atoms with E-state index >= 15 is 0 Å². The lowest BCUT2D eigenvalue weighted by Crippen LogP contribution is -2.05. The maximum Gasteiger partial charge on any atom is 0.337 e. The third-order valence-corrected chi connectivity index (χ3v) is 1.96. The van der Waals surface area contributed by atoms with Crippen LogP contribution in [0.4, 0.5) is 8.78 Å². The van der Waals surface area contributed by atoms with Gasteiger partial charge in [-0.05, 0) is 12.1 Å². The molecule has 1 rings (SSSR count). The van der Waals surface area contributed by atoms with Crippen molar-refractivity contribution in [3.63, 3.8) is 0 Å². The number of halogens is 2. The second-order valence-corrected chi connectivity index (χ2v) is 2.86. The molecule has 0 aliphatic heterocycles. The quantitative estimate of drug-likeness (QED) is 0.859. The molecule has 0 aliphatic rings. The molecule has 1 aromatic carbocycles. The van der Waals surface area contributed by atoms with Crippen molar-refractivity contribution in [3.8, 4) is 11.8 Å². The van der Waals surface area contributed by atoms with Crippen molar-refractivity contribution in [3.05, 3.63) is 28.8 Å². The lowest BCUT2D eigenvalue weighted by atomic mass is 10.0. The van der Waals surface area contributed by atoms with Crippen molar-refractivity contribution < 1.29 is 23.4 Å². The first kappa shape index (κ1) is 11.9. The summed E-state index contributed by atoms with van der Waals surface area (Å²) in [5.41, 5.74) is -1.67. The molecule has 6 heteroatoms. The van der Waals surface area contributed by atoms with Gasteiger partial charge in [0.1, 0.15) is 11.8 Å². The molecule has 0 saturated heterocycles. The van der Waals surface area contributed by atoms with Gasteiger partial charge in [-0.2, -0.15) is 5.26 Å². The fourth-order valence-corrected chi connectivity index (χ4v) is 1.22. The number of rotatable bonds is 3. The Morgan fingerprint density at radius 2 is 2.19 bits per heavy atom. The smallest absolute Gasteiger partial charge is 0.337 e. The van der Waals surface area contributed by atoms with Crippen LogP contribution in [0.1, 0.15) is 27.9 Å². The molecule has 16 heavy (non-hydrogen) atoms. The van der Waals surface area contributed by atoms with Crippen LogP contribution in [0, 0.1) is 11.3 Å². The number of hydrogen-bond acceptors (Lipinski definition) is 3. The zero-order valence-corrected chi connectivity index (χ0v) is 8.20. The van der Waals surface area contributed by atoms with E-state index in [4.69, 9.17) is 10.4 Å². The van der Waals surface area contributed by atoms with Crippen LogP contribution in [0.25, 0.3) is 0 Å². The molecule has 84 valence electrons. The number of carboxylic acids is 1. The first-order valence-corrected chi connectivity index (χ1v) is 4.14. The summed E-state index contributed by atoms with van der Waals surface area (Å²) in [5.74, 6) is -1.47. The highest BCUT2D eigenvalue weighted by Gasteiger charge is 2.21. The molecule has 1 N–H and O–H groups in total. The van der Waals surface area contributed by atoms with Gasteiger partial charge in [-0.25, -0.2) is 13.6 Å². The normalized spacial score (nSPS) is 9.94. The molecule has 0 bridgehead atoms. The molecule has 0 spiro atoms. The van der Waals surface area contributed by atoms with Gasteiger partial charge in [0, 0.05) is 5.56 Å². The standard InChI is InChI=1S/C10H7F2NO3/c1-16-5-2-6(9(11)12)8(4-13)7(3-5)10(14)15/h2-3,9H,1H3,(H,14,15). The molecule has 0 amide bonds. The predicted octanol–water partition coefficient (Wildman–Crippen LogP) is 2.20. The van der Waals surface area contributed by atoms with Crippen LogP contribution in [0.5, 0.6) is 5.75 Å². The Morgan fingerprint density at radius 3 is 2.56 bits per heavy atom. The number of benzene rings is 1. The van der Waals surface area contributed by atoms with Gasteiger partial charge >= 0.3 is 5.97 Å². The van der Waals surface area contributed by atoms with Crippen LogP contribution < -0.4 is 4.74 Å². The zero-order chi connectivity index (χ0) is 12.3. The van der Waals surface area contributed by atoms with Crippen LogP contribution in [0.15, 0.2) is 12.1 Å². The molecule has 0 saturated carbocycles. The van der Waals surface area contributed by atoms with Crippen molar-refractivity contribution in [2.75, 3.05) is 7.11 Å². The zero-order valence-electron chi connectivity index (χ0n) is 8.20. The Hall–Kier alpha value is -2.16. The minimum Gasteiger partial charge on any atom is -0.497 e. The van der Waals surface area contributed by atoms with Gasteiger partial charge < -0.3 is 9.84 Å². The maximum atomic E-state index is 12.6. The predicted molar refractivity (Wildman–Crippen MR) is 49.6 cm³/mol. The minimum atomic E-state index is -2.93. The largest absolute Gasteiger partial charge is 0.497 e. The summed E-state index contributed by atoms with van der Waals surface area (Å²) >= 11 is 0. The number of carboxylic acid groups (broad SMARTS) is 1. The third-order valence-electron chi connectivity index (χ3n) is 1.96. The number of nitrogens with zero attached hydrogens (tertiary/aromatic N) is 1. The minimum absolute atomic E-state index is 0.0216. The molecule has 0 aliphatic carbocycles. The number of carbonyl (C=O) groups is 1. The lowest BCUT2D eigenvalue weighted by molar-refractivity contribution is 0.0695. The molecular weight excluding hydrogens is 220 g/mol. The molecule has 0 heterocycles. The summed E-state index contributed by atoms with van der Waals surface area (Å²) in [4.78, 5) is 10.8. The second kappa shape index (κ2) is 4.57. The van der Waals surface area contributed by atoms with Gasteiger partial charge in [-0.15, -0.1) is 0 Å². The van der Waals surface area contributed by atoms with Crippen molar-refractivity contribution in [1.29, 1.82) is 5.26 Å². The van der Waals surface area contributed by atoms with Gasteiger partial charge in [-0.1, -0.05) is 0 Å². The lowest BCUT2D eigenvalue weighted by Gasteiger charge is -2.08. The fourth-order valence-electron chi connectivity index (χ4n) is 1.22. The van der Waals surface area contributed by atoms with E-state index in [9.17, 15) is 13.6 Å². The Labute approximate surface area is 89.7 Å². The Balaban J connectivity index is 3.54. The summed E-state index contributed by atoms with van der Waals surface area (Å²) < 4.78 is 29.8. The molecule has 1 aromatic rings. The number of ether oxygens (including phenoxy) is 1. The SMILES string of the molecule is COc1cc(C(=O)O)c(C#N)c(C(F)F)c1.